The third kappa shape index (κ3) is 5.84. The third-order valence-electron chi connectivity index (χ3n) is 5.16. The topological polar surface area (TPSA) is 58.6 Å². The Morgan fingerprint density at radius 1 is 1.00 bits per heavy atom. The van der Waals surface area contributed by atoms with E-state index in [0.29, 0.717) is 29.5 Å². The van der Waals surface area contributed by atoms with Gasteiger partial charge in [0.05, 0.1) is 27.0 Å². The molecule has 170 valence electrons. The fraction of sp³-hybridized carbons (Fsp3) is 0.409. The summed E-state index contributed by atoms with van der Waals surface area (Å²) in [7, 11) is 6.55. The highest BCUT2D eigenvalue weighted by atomic mass is 127. The lowest BCUT2D eigenvalue weighted by Gasteiger charge is -2.37. The van der Waals surface area contributed by atoms with Gasteiger partial charge in [0, 0.05) is 39.8 Å². The normalized spacial score (nSPS) is 14.0. The van der Waals surface area contributed by atoms with E-state index >= 15 is 0 Å². The minimum absolute atomic E-state index is 0. The highest BCUT2D eigenvalue weighted by molar-refractivity contribution is 14.0. The smallest absolute Gasteiger partial charge is 0.203 e. The molecule has 0 aliphatic carbocycles. The molecular weight excluding hydrogens is 514 g/mol. The maximum absolute atomic E-state index is 14.1. The molecule has 0 spiro atoms. The first kappa shape index (κ1) is 24.8. The van der Waals surface area contributed by atoms with Gasteiger partial charge < -0.3 is 29.3 Å². The van der Waals surface area contributed by atoms with Crippen LogP contribution >= 0.6 is 24.0 Å². The average Bonchev–Trinajstić information content (AvgIpc) is 2.79. The van der Waals surface area contributed by atoms with Crippen molar-refractivity contribution >= 4 is 35.6 Å². The van der Waals surface area contributed by atoms with Crippen molar-refractivity contribution in [2.24, 2.45) is 4.99 Å². The summed E-state index contributed by atoms with van der Waals surface area (Å²) < 4.78 is 30.3. The van der Waals surface area contributed by atoms with Gasteiger partial charge in [-0.15, -0.1) is 24.0 Å². The Hall–Kier alpha value is -2.43. The van der Waals surface area contributed by atoms with E-state index in [1.165, 1.54) is 6.07 Å². The molecule has 0 radical (unpaired) electrons. The second-order valence-electron chi connectivity index (χ2n) is 6.86. The molecule has 7 nitrogen and oxygen atoms in total. The second kappa shape index (κ2) is 11.8. The lowest BCUT2D eigenvalue weighted by Crippen LogP contribution is -2.52. The van der Waals surface area contributed by atoms with Crippen molar-refractivity contribution in [1.82, 2.24) is 10.2 Å². The van der Waals surface area contributed by atoms with E-state index in [4.69, 9.17) is 14.2 Å². The Balaban J connectivity index is 0.00000341. The van der Waals surface area contributed by atoms with Crippen LogP contribution < -0.4 is 24.4 Å². The molecule has 0 bridgehead atoms. The van der Waals surface area contributed by atoms with Gasteiger partial charge in [-0.05, 0) is 29.8 Å². The van der Waals surface area contributed by atoms with Gasteiger partial charge in [0.15, 0.2) is 17.5 Å². The third-order valence-corrected chi connectivity index (χ3v) is 5.16. The van der Waals surface area contributed by atoms with Gasteiger partial charge in [-0.3, -0.25) is 4.99 Å². The quantitative estimate of drug-likeness (QED) is 0.342. The number of halogens is 2. The highest BCUT2D eigenvalue weighted by Crippen LogP contribution is 2.38. The zero-order chi connectivity index (χ0) is 21.5. The number of hydrogen-bond acceptors (Lipinski definition) is 5. The van der Waals surface area contributed by atoms with Crippen LogP contribution in [0.3, 0.4) is 0 Å². The molecule has 1 aliphatic rings. The van der Waals surface area contributed by atoms with Crippen molar-refractivity contribution in [3.63, 3.8) is 0 Å². The molecule has 0 amide bonds. The Morgan fingerprint density at radius 2 is 1.61 bits per heavy atom. The molecule has 0 aromatic heterocycles. The van der Waals surface area contributed by atoms with Crippen LogP contribution in [0.2, 0.25) is 0 Å². The van der Waals surface area contributed by atoms with Crippen molar-refractivity contribution < 1.29 is 18.6 Å². The number of ether oxygens (including phenoxy) is 3. The number of aliphatic imine (C=N–C) groups is 1. The molecule has 1 N–H and O–H groups in total. The first-order valence-corrected chi connectivity index (χ1v) is 9.85. The lowest BCUT2D eigenvalue weighted by molar-refractivity contribution is 0.323. The molecular formula is C22H30FIN4O3. The Morgan fingerprint density at radius 3 is 2.13 bits per heavy atom. The molecule has 1 heterocycles. The van der Waals surface area contributed by atoms with E-state index in [-0.39, 0.29) is 29.8 Å². The van der Waals surface area contributed by atoms with E-state index in [1.807, 2.05) is 24.3 Å². The van der Waals surface area contributed by atoms with Crippen molar-refractivity contribution in [1.29, 1.82) is 0 Å². The number of anilines is 1. The van der Waals surface area contributed by atoms with Crippen molar-refractivity contribution in [3.05, 3.63) is 47.8 Å². The molecule has 31 heavy (non-hydrogen) atoms. The predicted octanol–water partition coefficient (Wildman–Crippen LogP) is 3.37. The molecule has 2 aromatic carbocycles. The van der Waals surface area contributed by atoms with Crippen molar-refractivity contribution in [2.75, 3.05) is 59.5 Å². The van der Waals surface area contributed by atoms with Gasteiger partial charge >= 0.3 is 0 Å². The summed E-state index contributed by atoms with van der Waals surface area (Å²) in [6.07, 6.45) is 0. The largest absolute Gasteiger partial charge is 0.493 e. The number of para-hydroxylation sites is 1. The van der Waals surface area contributed by atoms with E-state index in [9.17, 15) is 4.39 Å². The fourth-order valence-corrected chi connectivity index (χ4v) is 3.62. The van der Waals surface area contributed by atoms with E-state index < -0.39 is 0 Å². The summed E-state index contributed by atoms with van der Waals surface area (Å²) in [4.78, 5) is 8.66. The molecule has 0 unspecified atom stereocenters. The Labute approximate surface area is 200 Å². The van der Waals surface area contributed by atoms with Crippen molar-refractivity contribution in [2.45, 2.75) is 6.54 Å². The SMILES string of the molecule is CN=C(NCc1cc(OC)c(OC)c(OC)c1)N1CCN(c2ccccc2F)CC1.I. The molecule has 1 aliphatic heterocycles. The van der Waals surface area contributed by atoms with Crippen LogP contribution in [0.25, 0.3) is 0 Å². The fourth-order valence-electron chi connectivity index (χ4n) is 3.62. The molecule has 1 fully saturated rings. The van der Waals surface area contributed by atoms with E-state index in [0.717, 1.165) is 37.7 Å². The van der Waals surface area contributed by atoms with Gasteiger partial charge in [0.2, 0.25) is 5.75 Å². The summed E-state index contributed by atoms with van der Waals surface area (Å²) in [5.74, 6) is 2.41. The molecule has 9 heteroatoms. The Kier molecular flexibility index (Phi) is 9.47. The van der Waals surface area contributed by atoms with Crippen molar-refractivity contribution in [3.8, 4) is 17.2 Å². The summed E-state index contributed by atoms with van der Waals surface area (Å²) >= 11 is 0. The minimum Gasteiger partial charge on any atom is -0.493 e. The number of hydrogen-bond donors (Lipinski definition) is 1. The first-order valence-electron chi connectivity index (χ1n) is 9.85. The Bertz CT molecular complexity index is 864. The average molecular weight is 544 g/mol. The van der Waals surface area contributed by atoms with Crippen LogP contribution in [-0.4, -0.2) is 65.4 Å². The monoisotopic (exact) mass is 544 g/mol. The zero-order valence-corrected chi connectivity index (χ0v) is 20.7. The number of benzene rings is 2. The molecule has 1 saturated heterocycles. The van der Waals surface area contributed by atoms with E-state index in [1.54, 1.807) is 34.4 Å². The highest BCUT2D eigenvalue weighted by Gasteiger charge is 2.21. The van der Waals surface area contributed by atoms with Gasteiger partial charge in [-0.25, -0.2) is 4.39 Å². The van der Waals surface area contributed by atoms with Gasteiger partial charge in [-0.2, -0.15) is 0 Å². The zero-order valence-electron chi connectivity index (χ0n) is 18.4. The lowest BCUT2D eigenvalue weighted by atomic mass is 10.1. The molecule has 3 rings (SSSR count). The van der Waals surface area contributed by atoms with Crippen LogP contribution in [0.5, 0.6) is 17.2 Å². The number of nitrogens with zero attached hydrogens (tertiary/aromatic N) is 3. The number of methoxy groups -OCH3 is 3. The van der Waals surface area contributed by atoms with Crippen LogP contribution in [0.15, 0.2) is 41.4 Å². The first-order chi connectivity index (χ1) is 14.6. The second-order valence-corrected chi connectivity index (χ2v) is 6.86. The summed E-state index contributed by atoms with van der Waals surface area (Å²) in [6, 6.07) is 10.7. The molecule has 0 saturated carbocycles. The number of piperazine rings is 1. The maximum atomic E-state index is 14.1. The maximum Gasteiger partial charge on any atom is 0.203 e. The molecule has 2 aromatic rings. The van der Waals surface area contributed by atoms with E-state index in [2.05, 4.69) is 20.1 Å². The number of rotatable bonds is 6. The summed E-state index contributed by atoms with van der Waals surface area (Å²) in [6.45, 7) is 3.51. The standard InChI is InChI=1S/C22H29FN4O3.HI/c1-24-22(25-15-16-13-19(28-2)21(30-4)20(14-16)29-3)27-11-9-26(10-12-27)18-8-6-5-7-17(18)23;/h5-8,13-14H,9-12,15H2,1-4H3,(H,24,25);1H. The summed E-state index contributed by atoms with van der Waals surface area (Å²) in [5, 5.41) is 3.39. The molecule has 0 atom stereocenters. The van der Waals surface area contributed by atoms with Gasteiger partial charge in [0.1, 0.15) is 5.82 Å². The van der Waals surface area contributed by atoms with Gasteiger partial charge in [0.25, 0.3) is 0 Å². The van der Waals surface area contributed by atoms with Gasteiger partial charge in [-0.1, -0.05) is 12.1 Å². The van der Waals surface area contributed by atoms with Crippen LogP contribution in [0.1, 0.15) is 5.56 Å². The number of guanidine groups is 1. The number of nitrogens with one attached hydrogen (secondary N) is 1. The predicted molar refractivity (Wildman–Crippen MR) is 132 cm³/mol. The summed E-state index contributed by atoms with van der Waals surface area (Å²) in [5.41, 5.74) is 1.63. The van der Waals surface area contributed by atoms with Crippen LogP contribution in [-0.2, 0) is 6.54 Å². The van der Waals surface area contributed by atoms with Crippen LogP contribution in [0, 0.1) is 5.82 Å². The van der Waals surface area contributed by atoms with Crippen LogP contribution in [0.4, 0.5) is 10.1 Å². The minimum atomic E-state index is -0.184.